The standard InChI is InChI=1S/C18H16FN3O2/c19-14-6-2-4-8-16(14)22-18(24)11-21-17(23)9-12-10-20-15-7-3-1-5-13(12)15/h1-8,10,20H,9,11H2,(H,21,23)(H,22,24). The van der Waals surface area contributed by atoms with Crippen molar-refractivity contribution in [3.8, 4) is 0 Å². The minimum Gasteiger partial charge on any atom is -0.361 e. The van der Waals surface area contributed by atoms with Crippen molar-refractivity contribution >= 4 is 28.4 Å². The smallest absolute Gasteiger partial charge is 0.243 e. The molecule has 5 nitrogen and oxygen atoms in total. The van der Waals surface area contributed by atoms with E-state index in [4.69, 9.17) is 0 Å². The van der Waals surface area contributed by atoms with E-state index < -0.39 is 11.7 Å². The average molecular weight is 325 g/mol. The number of aromatic nitrogens is 1. The van der Waals surface area contributed by atoms with E-state index in [2.05, 4.69) is 15.6 Å². The summed E-state index contributed by atoms with van der Waals surface area (Å²) in [6.07, 6.45) is 1.95. The second-order valence-corrected chi connectivity index (χ2v) is 5.34. The van der Waals surface area contributed by atoms with Gasteiger partial charge in [-0.15, -0.1) is 0 Å². The fourth-order valence-corrected chi connectivity index (χ4v) is 2.45. The maximum Gasteiger partial charge on any atom is 0.243 e. The van der Waals surface area contributed by atoms with E-state index in [0.717, 1.165) is 16.5 Å². The summed E-state index contributed by atoms with van der Waals surface area (Å²) in [6, 6.07) is 13.5. The van der Waals surface area contributed by atoms with Crippen molar-refractivity contribution in [2.75, 3.05) is 11.9 Å². The SMILES string of the molecule is O=C(Cc1c[nH]c2ccccc12)NCC(=O)Nc1ccccc1F. The molecule has 0 radical (unpaired) electrons. The van der Waals surface area contributed by atoms with Crippen LogP contribution in [0.15, 0.2) is 54.7 Å². The van der Waals surface area contributed by atoms with Gasteiger partial charge in [0.05, 0.1) is 18.7 Å². The minimum absolute atomic E-state index is 0.0911. The highest BCUT2D eigenvalue weighted by molar-refractivity contribution is 5.95. The maximum atomic E-state index is 13.4. The molecule has 0 bridgehead atoms. The summed E-state index contributed by atoms with van der Waals surface area (Å²) < 4.78 is 13.4. The Morgan fingerprint density at radius 3 is 2.58 bits per heavy atom. The number of carbonyl (C=O) groups is 2. The van der Waals surface area contributed by atoms with Crippen molar-refractivity contribution in [1.29, 1.82) is 0 Å². The molecule has 3 N–H and O–H groups in total. The fraction of sp³-hybridized carbons (Fsp3) is 0.111. The highest BCUT2D eigenvalue weighted by Crippen LogP contribution is 2.18. The summed E-state index contributed by atoms with van der Waals surface area (Å²) in [5.74, 6) is -1.27. The van der Waals surface area contributed by atoms with Gasteiger partial charge in [0.2, 0.25) is 11.8 Å². The van der Waals surface area contributed by atoms with Gasteiger partial charge in [-0.05, 0) is 23.8 Å². The molecule has 1 aromatic heterocycles. The molecule has 0 aliphatic rings. The van der Waals surface area contributed by atoms with Gasteiger partial charge in [0.25, 0.3) is 0 Å². The number of fused-ring (bicyclic) bond motifs is 1. The molecule has 0 unspecified atom stereocenters. The Kier molecular flexibility index (Phi) is 4.56. The van der Waals surface area contributed by atoms with Gasteiger partial charge >= 0.3 is 0 Å². The Morgan fingerprint density at radius 2 is 1.75 bits per heavy atom. The van der Waals surface area contributed by atoms with Gasteiger partial charge in [-0.25, -0.2) is 4.39 Å². The predicted octanol–water partition coefficient (Wildman–Crippen LogP) is 2.60. The van der Waals surface area contributed by atoms with Gasteiger partial charge in [0.15, 0.2) is 0 Å². The average Bonchev–Trinajstić information content (AvgIpc) is 2.98. The highest BCUT2D eigenvalue weighted by atomic mass is 19.1. The lowest BCUT2D eigenvalue weighted by molar-refractivity contribution is -0.123. The van der Waals surface area contributed by atoms with Gasteiger partial charge in [-0.1, -0.05) is 30.3 Å². The van der Waals surface area contributed by atoms with Crippen LogP contribution < -0.4 is 10.6 Å². The molecular weight excluding hydrogens is 309 g/mol. The van der Waals surface area contributed by atoms with Crippen molar-refractivity contribution < 1.29 is 14.0 Å². The molecule has 0 saturated carbocycles. The summed E-state index contributed by atoms with van der Waals surface area (Å²) in [6.45, 7) is -0.213. The summed E-state index contributed by atoms with van der Waals surface area (Å²) in [7, 11) is 0. The zero-order valence-electron chi connectivity index (χ0n) is 12.8. The van der Waals surface area contributed by atoms with E-state index in [1.807, 2.05) is 24.3 Å². The lowest BCUT2D eigenvalue weighted by atomic mass is 10.1. The second kappa shape index (κ2) is 6.95. The van der Waals surface area contributed by atoms with Gasteiger partial charge in [-0.3, -0.25) is 9.59 Å². The van der Waals surface area contributed by atoms with Crippen LogP contribution in [0.25, 0.3) is 10.9 Å². The zero-order valence-corrected chi connectivity index (χ0v) is 12.8. The number of hydrogen-bond donors (Lipinski definition) is 3. The third-order valence-electron chi connectivity index (χ3n) is 3.62. The molecule has 0 saturated heterocycles. The molecule has 1 heterocycles. The topological polar surface area (TPSA) is 74.0 Å². The molecule has 6 heteroatoms. The monoisotopic (exact) mass is 325 g/mol. The van der Waals surface area contributed by atoms with Crippen LogP contribution in [0.4, 0.5) is 10.1 Å². The van der Waals surface area contributed by atoms with E-state index >= 15 is 0 Å². The number of para-hydroxylation sites is 2. The fourth-order valence-electron chi connectivity index (χ4n) is 2.45. The third-order valence-corrected chi connectivity index (χ3v) is 3.62. The Hall–Kier alpha value is -3.15. The number of hydrogen-bond acceptors (Lipinski definition) is 2. The van der Waals surface area contributed by atoms with E-state index in [1.165, 1.54) is 18.2 Å². The number of halogens is 1. The van der Waals surface area contributed by atoms with E-state index in [-0.39, 0.29) is 24.6 Å². The maximum absolute atomic E-state index is 13.4. The number of H-pyrrole nitrogens is 1. The van der Waals surface area contributed by atoms with Crippen LogP contribution in [0.1, 0.15) is 5.56 Å². The Bertz CT molecular complexity index is 889. The number of carbonyl (C=O) groups excluding carboxylic acids is 2. The first-order chi connectivity index (χ1) is 11.6. The first-order valence-corrected chi connectivity index (χ1v) is 7.49. The van der Waals surface area contributed by atoms with E-state index in [9.17, 15) is 14.0 Å². The van der Waals surface area contributed by atoms with Crippen LogP contribution in [-0.2, 0) is 16.0 Å². The molecule has 3 rings (SSSR count). The number of nitrogens with one attached hydrogen (secondary N) is 3. The largest absolute Gasteiger partial charge is 0.361 e. The summed E-state index contributed by atoms with van der Waals surface area (Å²) in [5.41, 5.74) is 1.91. The lowest BCUT2D eigenvalue weighted by Crippen LogP contribution is -2.33. The molecule has 2 amide bonds. The van der Waals surface area contributed by atoms with Crippen molar-refractivity contribution in [2.24, 2.45) is 0 Å². The zero-order chi connectivity index (χ0) is 16.9. The Labute approximate surface area is 137 Å². The van der Waals surface area contributed by atoms with Crippen molar-refractivity contribution in [2.45, 2.75) is 6.42 Å². The second-order valence-electron chi connectivity index (χ2n) is 5.34. The molecule has 2 aromatic carbocycles. The Morgan fingerprint density at radius 1 is 1.00 bits per heavy atom. The number of benzene rings is 2. The van der Waals surface area contributed by atoms with Gasteiger partial charge in [0.1, 0.15) is 5.82 Å². The number of amides is 2. The highest BCUT2D eigenvalue weighted by Gasteiger charge is 2.11. The molecule has 0 aliphatic heterocycles. The predicted molar refractivity (Wildman–Crippen MR) is 90.0 cm³/mol. The number of rotatable bonds is 5. The molecule has 0 spiro atoms. The molecule has 3 aromatic rings. The summed E-state index contributed by atoms with van der Waals surface area (Å²) >= 11 is 0. The van der Waals surface area contributed by atoms with Gasteiger partial charge < -0.3 is 15.6 Å². The molecular formula is C18H16FN3O2. The van der Waals surface area contributed by atoms with E-state index in [0.29, 0.717) is 0 Å². The molecule has 24 heavy (non-hydrogen) atoms. The molecule has 122 valence electrons. The van der Waals surface area contributed by atoms with Crippen LogP contribution >= 0.6 is 0 Å². The Balaban J connectivity index is 1.54. The third kappa shape index (κ3) is 3.60. The van der Waals surface area contributed by atoms with Crippen LogP contribution in [0, 0.1) is 5.82 Å². The first-order valence-electron chi connectivity index (χ1n) is 7.49. The summed E-state index contributed by atoms with van der Waals surface area (Å²) in [5, 5.41) is 5.93. The first kappa shape index (κ1) is 15.7. The van der Waals surface area contributed by atoms with Crippen molar-refractivity contribution in [1.82, 2.24) is 10.3 Å². The minimum atomic E-state index is -0.518. The van der Waals surface area contributed by atoms with E-state index in [1.54, 1.807) is 12.3 Å². The summed E-state index contributed by atoms with van der Waals surface area (Å²) in [4.78, 5) is 26.9. The van der Waals surface area contributed by atoms with Gasteiger partial charge in [0, 0.05) is 17.1 Å². The van der Waals surface area contributed by atoms with Crippen molar-refractivity contribution in [3.05, 3.63) is 66.1 Å². The van der Waals surface area contributed by atoms with Crippen LogP contribution in [0.2, 0.25) is 0 Å². The number of aromatic amines is 1. The molecule has 0 atom stereocenters. The van der Waals surface area contributed by atoms with Gasteiger partial charge in [-0.2, -0.15) is 0 Å². The van der Waals surface area contributed by atoms with Crippen LogP contribution in [-0.4, -0.2) is 23.3 Å². The quantitative estimate of drug-likeness (QED) is 0.674. The number of anilines is 1. The lowest BCUT2D eigenvalue weighted by Gasteiger charge is -2.07. The molecule has 0 aliphatic carbocycles. The van der Waals surface area contributed by atoms with Crippen LogP contribution in [0.3, 0.4) is 0 Å². The van der Waals surface area contributed by atoms with Crippen molar-refractivity contribution in [3.63, 3.8) is 0 Å². The molecule has 0 fully saturated rings. The van der Waals surface area contributed by atoms with Crippen LogP contribution in [0.5, 0.6) is 0 Å². The normalized spacial score (nSPS) is 10.5.